The van der Waals surface area contributed by atoms with Crippen molar-refractivity contribution in [3.8, 4) is 0 Å². The third-order valence-electron chi connectivity index (χ3n) is 4.17. The van der Waals surface area contributed by atoms with E-state index in [2.05, 4.69) is 22.5 Å². The second-order valence-corrected chi connectivity index (χ2v) is 5.45. The number of unbranched alkanes of at least 4 members (excludes halogenated alkanes) is 1. The quantitative estimate of drug-likeness (QED) is 0.684. The van der Waals surface area contributed by atoms with E-state index in [-0.39, 0.29) is 11.9 Å². The average Bonchev–Trinajstić information content (AvgIpc) is 2.88. The van der Waals surface area contributed by atoms with Gasteiger partial charge in [0.05, 0.1) is 6.04 Å². The maximum atomic E-state index is 12.0. The molecule has 2 heterocycles. The first-order chi connectivity index (χ1) is 8.22. The maximum absolute atomic E-state index is 12.0. The summed E-state index contributed by atoms with van der Waals surface area (Å²) in [6.45, 7) is 9.43. The molecule has 2 saturated heterocycles. The second kappa shape index (κ2) is 5.83. The van der Waals surface area contributed by atoms with E-state index in [0.29, 0.717) is 0 Å². The number of hydrogen-bond donors (Lipinski definition) is 2. The minimum Gasteiger partial charge on any atom is -0.355 e. The van der Waals surface area contributed by atoms with Gasteiger partial charge < -0.3 is 10.6 Å². The van der Waals surface area contributed by atoms with Gasteiger partial charge in [0, 0.05) is 19.6 Å². The van der Waals surface area contributed by atoms with Crippen molar-refractivity contribution in [2.45, 2.75) is 32.7 Å². The van der Waals surface area contributed by atoms with Gasteiger partial charge in [-0.2, -0.15) is 0 Å². The van der Waals surface area contributed by atoms with Crippen LogP contribution < -0.4 is 10.6 Å². The Morgan fingerprint density at radius 2 is 2.06 bits per heavy atom. The number of carbonyl (C=O) groups excluding carboxylic acids is 1. The Hall–Kier alpha value is -0.610. The van der Waals surface area contributed by atoms with E-state index in [1.54, 1.807) is 0 Å². The molecule has 3 atom stereocenters. The molecule has 2 aliphatic rings. The molecule has 2 aliphatic heterocycles. The number of nitrogens with zero attached hydrogens (tertiary/aromatic N) is 1. The Morgan fingerprint density at radius 3 is 2.65 bits per heavy atom. The lowest BCUT2D eigenvalue weighted by molar-refractivity contribution is -0.125. The molecule has 0 aromatic rings. The highest BCUT2D eigenvalue weighted by Gasteiger charge is 2.39. The normalized spacial score (nSPS) is 30.2. The van der Waals surface area contributed by atoms with Gasteiger partial charge in [-0.15, -0.1) is 0 Å². The zero-order valence-corrected chi connectivity index (χ0v) is 11.0. The van der Waals surface area contributed by atoms with Crippen LogP contribution in [0.4, 0.5) is 0 Å². The molecule has 2 rings (SSSR count). The SMILES string of the molecule is CCCCNC(=O)C(C)N1CC2CNCC2C1. The van der Waals surface area contributed by atoms with Crippen molar-refractivity contribution in [3.63, 3.8) is 0 Å². The van der Waals surface area contributed by atoms with E-state index >= 15 is 0 Å². The zero-order valence-electron chi connectivity index (χ0n) is 11.0. The molecule has 1 amide bonds. The number of carbonyl (C=O) groups is 1. The Morgan fingerprint density at radius 1 is 1.41 bits per heavy atom. The summed E-state index contributed by atoms with van der Waals surface area (Å²) in [5, 5.41) is 6.46. The summed E-state index contributed by atoms with van der Waals surface area (Å²) in [6.07, 6.45) is 2.21. The number of fused-ring (bicyclic) bond motifs is 1. The Kier molecular flexibility index (Phi) is 4.40. The fourth-order valence-corrected chi connectivity index (χ4v) is 2.91. The zero-order chi connectivity index (χ0) is 12.3. The van der Waals surface area contributed by atoms with Crippen molar-refractivity contribution in [2.75, 3.05) is 32.7 Å². The Bertz CT molecular complexity index is 257. The van der Waals surface area contributed by atoms with Crippen LogP contribution in [0.5, 0.6) is 0 Å². The van der Waals surface area contributed by atoms with E-state index in [1.165, 1.54) is 0 Å². The van der Waals surface area contributed by atoms with E-state index in [1.807, 2.05) is 6.92 Å². The highest BCUT2D eigenvalue weighted by Crippen LogP contribution is 2.27. The third kappa shape index (κ3) is 2.99. The maximum Gasteiger partial charge on any atom is 0.237 e. The number of rotatable bonds is 5. The van der Waals surface area contributed by atoms with Gasteiger partial charge >= 0.3 is 0 Å². The van der Waals surface area contributed by atoms with Crippen molar-refractivity contribution in [1.82, 2.24) is 15.5 Å². The lowest BCUT2D eigenvalue weighted by atomic mass is 10.0. The Balaban J connectivity index is 1.76. The molecule has 4 heteroatoms. The van der Waals surface area contributed by atoms with E-state index < -0.39 is 0 Å². The molecular formula is C13H25N3O. The first-order valence-electron chi connectivity index (χ1n) is 6.94. The van der Waals surface area contributed by atoms with Crippen LogP contribution in [0.3, 0.4) is 0 Å². The van der Waals surface area contributed by atoms with Crippen LogP contribution >= 0.6 is 0 Å². The molecule has 0 saturated carbocycles. The van der Waals surface area contributed by atoms with Crippen LogP contribution in [-0.4, -0.2) is 49.6 Å². The lowest BCUT2D eigenvalue weighted by Crippen LogP contribution is -2.45. The molecule has 98 valence electrons. The first kappa shape index (κ1) is 12.8. The van der Waals surface area contributed by atoms with Gasteiger partial charge in [-0.05, 0) is 38.3 Å². The summed E-state index contributed by atoms with van der Waals surface area (Å²) in [4.78, 5) is 14.3. The van der Waals surface area contributed by atoms with E-state index in [0.717, 1.165) is 57.4 Å². The van der Waals surface area contributed by atoms with Gasteiger partial charge in [0.2, 0.25) is 5.91 Å². The molecule has 0 aromatic carbocycles. The van der Waals surface area contributed by atoms with Crippen LogP contribution in [0.2, 0.25) is 0 Å². The molecule has 2 fully saturated rings. The van der Waals surface area contributed by atoms with Gasteiger partial charge in [-0.3, -0.25) is 9.69 Å². The fraction of sp³-hybridized carbons (Fsp3) is 0.923. The van der Waals surface area contributed by atoms with Crippen LogP contribution in [0.1, 0.15) is 26.7 Å². The number of nitrogens with one attached hydrogen (secondary N) is 2. The summed E-state index contributed by atoms with van der Waals surface area (Å²) in [5.41, 5.74) is 0. The van der Waals surface area contributed by atoms with E-state index in [9.17, 15) is 4.79 Å². The largest absolute Gasteiger partial charge is 0.355 e. The highest BCUT2D eigenvalue weighted by atomic mass is 16.2. The summed E-state index contributed by atoms with van der Waals surface area (Å²) in [6, 6.07) is 0.0393. The van der Waals surface area contributed by atoms with E-state index in [4.69, 9.17) is 0 Å². The molecule has 0 aromatic heterocycles. The fourth-order valence-electron chi connectivity index (χ4n) is 2.91. The average molecular weight is 239 g/mol. The standard InChI is InChI=1S/C13H25N3O/c1-3-4-5-15-13(17)10(2)16-8-11-6-14-7-12(11)9-16/h10-12,14H,3-9H2,1-2H3,(H,15,17). The number of hydrogen-bond acceptors (Lipinski definition) is 3. The van der Waals surface area contributed by atoms with Crippen molar-refractivity contribution in [3.05, 3.63) is 0 Å². The lowest BCUT2D eigenvalue weighted by Gasteiger charge is -2.24. The van der Waals surface area contributed by atoms with Gasteiger partial charge in [0.25, 0.3) is 0 Å². The first-order valence-corrected chi connectivity index (χ1v) is 6.94. The summed E-state index contributed by atoms with van der Waals surface area (Å²) < 4.78 is 0. The van der Waals surface area contributed by atoms with Crippen LogP contribution in [0.15, 0.2) is 0 Å². The molecule has 0 aliphatic carbocycles. The van der Waals surface area contributed by atoms with Gasteiger partial charge in [0.15, 0.2) is 0 Å². The number of likely N-dealkylation sites (tertiary alicyclic amines) is 1. The minimum atomic E-state index is 0.0393. The van der Waals surface area contributed by atoms with Crippen LogP contribution in [-0.2, 0) is 4.79 Å². The predicted octanol–water partition coefficient (Wildman–Crippen LogP) is 0.442. The topological polar surface area (TPSA) is 44.4 Å². The monoisotopic (exact) mass is 239 g/mol. The van der Waals surface area contributed by atoms with Crippen molar-refractivity contribution >= 4 is 5.91 Å². The van der Waals surface area contributed by atoms with Gasteiger partial charge in [-0.25, -0.2) is 0 Å². The summed E-state index contributed by atoms with van der Waals surface area (Å²) >= 11 is 0. The third-order valence-corrected chi connectivity index (χ3v) is 4.17. The second-order valence-electron chi connectivity index (χ2n) is 5.45. The smallest absolute Gasteiger partial charge is 0.237 e. The molecule has 0 bridgehead atoms. The van der Waals surface area contributed by atoms with Gasteiger partial charge in [-0.1, -0.05) is 13.3 Å². The van der Waals surface area contributed by atoms with Crippen molar-refractivity contribution < 1.29 is 4.79 Å². The molecule has 17 heavy (non-hydrogen) atoms. The molecule has 2 N–H and O–H groups in total. The van der Waals surface area contributed by atoms with Crippen molar-refractivity contribution in [2.24, 2.45) is 11.8 Å². The minimum absolute atomic E-state index is 0.0393. The Labute approximate surface area is 104 Å². The van der Waals surface area contributed by atoms with Gasteiger partial charge in [0.1, 0.15) is 0 Å². The predicted molar refractivity (Wildman–Crippen MR) is 68.8 cm³/mol. The molecule has 4 nitrogen and oxygen atoms in total. The summed E-state index contributed by atoms with van der Waals surface area (Å²) in [5.74, 6) is 1.73. The van der Waals surface area contributed by atoms with Crippen molar-refractivity contribution in [1.29, 1.82) is 0 Å². The highest BCUT2D eigenvalue weighted by molar-refractivity contribution is 5.81. The van der Waals surface area contributed by atoms with Crippen LogP contribution in [0, 0.1) is 11.8 Å². The number of amides is 1. The molecule has 3 unspecified atom stereocenters. The molecule has 0 spiro atoms. The summed E-state index contributed by atoms with van der Waals surface area (Å²) in [7, 11) is 0. The molecule has 0 radical (unpaired) electrons. The molecular weight excluding hydrogens is 214 g/mol. The van der Waals surface area contributed by atoms with Crippen LogP contribution in [0.25, 0.3) is 0 Å².